The van der Waals surface area contributed by atoms with Crippen molar-refractivity contribution in [2.24, 2.45) is 23.3 Å². The molecular weight excluding hydrogens is 630 g/mol. The topological polar surface area (TPSA) is 243 Å². The second-order valence-corrected chi connectivity index (χ2v) is 12.3. The van der Waals surface area contributed by atoms with Gasteiger partial charge in [0.25, 0.3) is 0 Å². The second kappa shape index (κ2) is 21.1. The molecule has 0 heterocycles. The van der Waals surface area contributed by atoms with Gasteiger partial charge in [0.05, 0.1) is 24.2 Å². The Morgan fingerprint density at radius 1 is 0.776 bits per heavy atom. The number of aryl methyl sites for hydroxylation is 1. The van der Waals surface area contributed by atoms with Crippen molar-refractivity contribution in [1.82, 2.24) is 5.32 Å². The number of carbonyl (C=O) groups excluding carboxylic acids is 4. The predicted molar refractivity (Wildman–Crippen MR) is 186 cm³/mol. The number of Topliss-reactive ketones (excluding diaryl/α,β-unsaturated/α-hetero) is 2. The molecule has 0 radical (unpaired) electrons. The number of hydrogen-bond acceptors (Lipinski definition) is 8. The molecule has 9 N–H and O–H groups in total. The SMILES string of the molecule is CC(=O)Nc1ccc(-c2ccc(CC[C@@H](CC(=O)[C@@H](N)CCCCC(=N)N)C(=O)NCCC[C@@H](CC(=O)CCC(=O)O)C(=O)O)cc2)cc1. The molecule has 0 saturated heterocycles. The van der Waals surface area contributed by atoms with Crippen molar-refractivity contribution in [1.29, 1.82) is 5.41 Å². The van der Waals surface area contributed by atoms with Crippen LogP contribution in [0, 0.1) is 17.2 Å². The lowest BCUT2D eigenvalue weighted by molar-refractivity contribution is -0.144. The summed E-state index contributed by atoms with van der Waals surface area (Å²) in [6.07, 6.45) is 2.44. The molecule has 0 aliphatic carbocycles. The summed E-state index contributed by atoms with van der Waals surface area (Å²) in [7, 11) is 0. The highest BCUT2D eigenvalue weighted by Gasteiger charge is 2.26. The van der Waals surface area contributed by atoms with Gasteiger partial charge in [-0.2, -0.15) is 0 Å². The van der Waals surface area contributed by atoms with Crippen molar-refractivity contribution >= 4 is 46.8 Å². The first-order valence-electron chi connectivity index (χ1n) is 16.6. The second-order valence-electron chi connectivity index (χ2n) is 12.3. The summed E-state index contributed by atoms with van der Waals surface area (Å²) in [5.74, 6) is -5.07. The third-order valence-corrected chi connectivity index (χ3v) is 8.19. The number of carboxylic acids is 2. The lowest BCUT2D eigenvalue weighted by atomic mass is 9.90. The standard InChI is InChI=1S/C36H49N5O8/c1-23(42)41-29-16-14-26(15-17-29)25-11-8-24(9-12-25)10-13-27(22-32(44)31(37)6-2-3-7-33(38)39)35(47)40-20-4-5-28(36(48)49)21-30(43)18-19-34(45)46/h8-9,11-12,14-17,27-28,31H,2-7,10,13,18-22,37H2,1H3,(H3,38,39)(H,40,47)(H,41,42)(H,45,46)(H,48,49)/t27-,28-,31-/m0/s1. The summed E-state index contributed by atoms with van der Waals surface area (Å²) >= 11 is 0. The lowest BCUT2D eigenvalue weighted by Crippen LogP contribution is -2.37. The highest BCUT2D eigenvalue weighted by molar-refractivity contribution is 5.90. The van der Waals surface area contributed by atoms with Crippen LogP contribution >= 0.6 is 0 Å². The van der Waals surface area contributed by atoms with E-state index in [1.165, 1.54) is 6.92 Å². The van der Waals surface area contributed by atoms with Crippen LogP contribution in [0.2, 0.25) is 0 Å². The predicted octanol–water partition coefficient (Wildman–Crippen LogP) is 4.06. The molecule has 0 aliphatic heterocycles. The normalized spacial score (nSPS) is 12.7. The number of carboxylic acid groups (broad SMARTS) is 2. The van der Waals surface area contributed by atoms with E-state index in [4.69, 9.17) is 22.0 Å². The summed E-state index contributed by atoms with van der Waals surface area (Å²) in [6.45, 7) is 1.59. The van der Waals surface area contributed by atoms with E-state index in [-0.39, 0.29) is 68.5 Å². The number of amides is 2. The number of ketones is 2. The number of carbonyl (C=O) groups is 6. The van der Waals surface area contributed by atoms with E-state index < -0.39 is 35.6 Å². The van der Waals surface area contributed by atoms with Gasteiger partial charge in [0.1, 0.15) is 11.6 Å². The molecular formula is C36H49N5O8. The monoisotopic (exact) mass is 679 g/mol. The van der Waals surface area contributed by atoms with Gasteiger partial charge < -0.3 is 32.3 Å². The van der Waals surface area contributed by atoms with Gasteiger partial charge in [-0.25, -0.2) is 0 Å². The van der Waals surface area contributed by atoms with Crippen LogP contribution < -0.4 is 22.1 Å². The number of anilines is 1. The van der Waals surface area contributed by atoms with Gasteiger partial charge >= 0.3 is 11.9 Å². The number of nitrogens with one attached hydrogen (secondary N) is 3. The number of aliphatic carboxylic acids is 2. The molecule has 0 unspecified atom stereocenters. The first-order valence-corrected chi connectivity index (χ1v) is 16.6. The lowest BCUT2D eigenvalue weighted by Gasteiger charge is -2.19. The van der Waals surface area contributed by atoms with Gasteiger partial charge in [-0.05, 0) is 67.3 Å². The average molecular weight is 680 g/mol. The maximum Gasteiger partial charge on any atom is 0.306 e. The van der Waals surface area contributed by atoms with Crippen LogP contribution in [0.5, 0.6) is 0 Å². The third kappa shape index (κ3) is 16.2. The van der Waals surface area contributed by atoms with Crippen LogP contribution in [0.4, 0.5) is 5.69 Å². The summed E-state index contributed by atoms with van der Waals surface area (Å²) < 4.78 is 0. The van der Waals surface area contributed by atoms with E-state index in [0.29, 0.717) is 44.2 Å². The molecule has 0 spiro atoms. The molecule has 2 aromatic rings. The maximum absolute atomic E-state index is 13.3. The highest BCUT2D eigenvalue weighted by Crippen LogP contribution is 2.24. The maximum atomic E-state index is 13.3. The Labute approximate surface area is 286 Å². The van der Waals surface area contributed by atoms with Crippen molar-refractivity contribution in [2.45, 2.75) is 90.0 Å². The largest absolute Gasteiger partial charge is 0.481 e. The van der Waals surface area contributed by atoms with Crippen molar-refractivity contribution in [2.75, 3.05) is 11.9 Å². The van der Waals surface area contributed by atoms with Crippen LogP contribution in [0.1, 0.15) is 83.1 Å². The minimum absolute atomic E-state index is 0.0612. The van der Waals surface area contributed by atoms with Gasteiger partial charge in [-0.3, -0.25) is 34.2 Å². The van der Waals surface area contributed by atoms with E-state index in [0.717, 1.165) is 16.7 Å². The number of benzene rings is 2. The van der Waals surface area contributed by atoms with Crippen molar-refractivity contribution in [3.05, 3.63) is 54.1 Å². The van der Waals surface area contributed by atoms with E-state index in [9.17, 15) is 33.9 Å². The Balaban J connectivity index is 2.02. The fourth-order valence-electron chi connectivity index (χ4n) is 5.36. The number of hydrogen-bond donors (Lipinski definition) is 7. The molecule has 49 heavy (non-hydrogen) atoms. The first kappa shape index (κ1) is 40.3. The quantitative estimate of drug-likeness (QED) is 0.0476. The highest BCUT2D eigenvalue weighted by atomic mass is 16.4. The Morgan fingerprint density at radius 3 is 1.98 bits per heavy atom. The molecule has 13 nitrogen and oxygen atoms in total. The van der Waals surface area contributed by atoms with Crippen molar-refractivity contribution in [3.63, 3.8) is 0 Å². The minimum atomic E-state index is -1.16. The summed E-state index contributed by atoms with van der Waals surface area (Å²) in [6, 6.07) is 14.5. The molecule has 0 aliphatic rings. The number of amidine groups is 1. The smallest absolute Gasteiger partial charge is 0.306 e. The Morgan fingerprint density at radius 2 is 1.41 bits per heavy atom. The van der Waals surface area contributed by atoms with Crippen molar-refractivity contribution < 1.29 is 39.0 Å². The molecule has 2 rings (SSSR count). The van der Waals surface area contributed by atoms with Crippen LogP contribution in [0.15, 0.2) is 48.5 Å². The Hall–Kier alpha value is -4.91. The number of rotatable bonds is 24. The fourth-order valence-corrected chi connectivity index (χ4v) is 5.36. The zero-order valence-corrected chi connectivity index (χ0v) is 28.0. The van der Waals surface area contributed by atoms with Crippen LogP contribution in [0.3, 0.4) is 0 Å². The van der Waals surface area contributed by atoms with E-state index in [1.54, 1.807) is 0 Å². The number of nitrogens with two attached hydrogens (primary N) is 2. The Kier molecular flexibility index (Phi) is 17.4. The first-order chi connectivity index (χ1) is 23.2. The van der Waals surface area contributed by atoms with E-state index in [2.05, 4.69) is 10.6 Å². The zero-order chi connectivity index (χ0) is 36.3. The van der Waals surface area contributed by atoms with Gasteiger partial charge in [0.15, 0.2) is 0 Å². The molecule has 0 bridgehead atoms. The molecule has 2 aromatic carbocycles. The third-order valence-electron chi connectivity index (χ3n) is 8.19. The summed E-state index contributed by atoms with van der Waals surface area (Å²) in [4.78, 5) is 72.0. The fraction of sp³-hybridized carbons (Fsp3) is 0.472. The van der Waals surface area contributed by atoms with Crippen LogP contribution in [-0.4, -0.2) is 64.0 Å². The average Bonchev–Trinajstić information content (AvgIpc) is 3.05. The molecule has 2 amide bonds. The molecule has 266 valence electrons. The van der Waals surface area contributed by atoms with E-state index in [1.807, 2.05) is 48.5 Å². The Bertz CT molecular complexity index is 1440. The van der Waals surface area contributed by atoms with Gasteiger partial charge in [-0.1, -0.05) is 42.8 Å². The molecule has 13 heteroatoms. The van der Waals surface area contributed by atoms with Crippen molar-refractivity contribution in [3.8, 4) is 11.1 Å². The van der Waals surface area contributed by atoms with Gasteiger partial charge in [0.2, 0.25) is 11.8 Å². The van der Waals surface area contributed by atoms with E-state index >= 15 is 0 Å². The molecule has 0 saturated carbocycles. The molecule has 0 fully saturated rings. The summed E-state index contributed by atoms with van der Waals surface area (Å²) in [5.41, 5.74) is 15.2. The summed E-state index contributed by atoms with van der Waals surface area (Å²) in [5, 5.41) is 31.2. The zero-order valence-electron chi connectivity index (χ0n) is 28.0. The molecule has 0 aromatic heterocycles. The van der Waals surface area contributed by atoms with Crippen LogP contribution in [-0.2, 0) is 35.2 Å². The number of unbranched alkanes of at least 4 members (excludes halogenated alkanes) is 1. The van der Waals surface area contributed by atoms with Gasteiger partial charge in [-0.15, -0.1) is 0 Å². The van der Waals surface area contributed by atoms with Crippen LogP contribution in [0.25, 0.3) is 11.1 Å². The minimum Gasteiger partial charge on any atom is -0.481 e. The molecule has 3 atom stereocenters. The van der Waals surface area contributed by atoms with Gasteiger partial charge in [0, 0.05) is 50.8 Å².